The first-order valence-corrected chi connectivity index (χ1v) is 12.1. The number of nitrogens with one attached hydrogen (secondary N) is 1. The van der Waals surface area contributed by atoms with Crippen LogP contribution in [0.1, 0.15) is 19.4 Å². The van der Waals surface area contributed by atoms with Crippen molar-refractivity contribution in [3.05, 3.63) is 53.1 Å². The molecule has 0 aromatic heterocycles. The highest BCUT2D eigenvalue weighted by Crippen LogP contribution is 2.52. The summed E-state index contributed by atoms with van der Waals surface area (Å²) < 4.78 is 26.0. The van der Waals surface area contributed by atoms with Crippen molar-refractivity contribution in [2.24, 2.45) is 4.99 Å². The molecule has 2 aromatic carbocycles. The summed E-state index contributed by atoms with van der Waals surface area (Å²) in [6, 6.07) is 13.8. The monoisotopic (exact) mass is 448 g/mol. The maximum atomic E-state index is 13.1. The van der Waals surface area contributed by atoms with Crippen molar-refractivity contribution >= 4 is 42.2 Å². The SMILES string of the molecule is CCOP(=O)(OCC)N1CCN(C2=Nc3cc(Cl)ccc3Nc3ccccc32)CC1. The van der Waals surface area contributed by atoms with E-state index in [0.717, 1.165) is 28.5 Å². The standard InChI is InChI=1S/C21H26ClN4O3P/c1-3-28-30(27,29-4-2)26-13-11-25(12-14-26)21-17-7-5-6-8-18(17)23-19-10-9-16(22)15-20(19)24-21/h5-10,15,23H,3-4,11-14H2,1-2H3. The van der Waals surface area contributed by atoms with Crippen molar-refractivity contribution in [1.29, 1.82) is 0 Å². The molecule has 0 unspecified atom stereocenters. The molecule has 0 amide bonds. The molecule has 0 saturated carbocycles. The first kappa shape index (κ1) is 21.3. The third-order valence-corrected chi connectivity index (χ3v) is 7.61. The van der Waals surface area contributed by atoms with Crippen molar-refractivity contribution in [1.82, 2.24) is 9.57 Å². The number of amidine groups is 1. The molecule has 0 aliphatic carbocycles. The van der Waals surface area contributed by atoms with Crippen LogP contribution in [0, 0.1) is 0 Å². The van der Waals surface area contributed by atoms with Crippen LogP contribution in [-0.2, 0) is 13.6 Å². The summed E-state index contributed by atoms with van der Waals surface area (Å²) in [6.45, 7) is 6.80. The summed E-state index contributed by atoms with van der Waals surface area (Å²) in [6.07, 6.45) is 0. The quantitative estimate of drug-likeness (QED) is 0.628. The molecule has 0 atom stereocenters. The number of hydrogen-bond donors (Lipinski definition) is 1. The maximum absolute atomic E-state index is 13.1. The van der Waals surface area contributed by atoms with E-state index in [-0.39, 0.29) is 0 Å². The second-order valence-corrected chi connectivity index (χ2v) is 9.47. The average molecular weight is 449 g/mol. The summed E-state index contributed by atoms with van der Waals surface area (Å²) in [5.74, 6) is 0.876. The number of aliphatic imine (C=N–C) groups is 1. The van der Waals surface area contributed by atoms with Crippen molar-refractivity contribution in [2.75, 3.05) is 44.7 Å². The lowest BCUT2D eigenvalue weighted by molar-refractivity contribution is 0.146. The molecule has 0 radical (unpaired) electrons. The van der Waals surface area contributed by atoms with Crippen LogP contribution in [0.5, 0.6) is 0 Å². The van der Waals surface area contributed by atoms with E-state index in [9.17, 15) is 4.57 Å². The lowest BCUT2D eigenvalue weighted by Gasteiger charge is -2.38. The van der Waals surface area contributed by atoms with Gasteiger partial charge in [0.05, 0.1) is 24.6 Å². The summed E-state index contributed by atoms with van der Waals surface area (Å²) in [5, 5.41) is 4.11. The van der Waals surface area contributed by atoms with Gasteiger partial charge in [0.25, 0.3) is 0 Å². The Morgan fingerprint density at radius 1 is 1.03 bits per heavy atom. The summed E-state index contributed by atoms with van der Waals surface area (Å²) >= 11 is 6.23. The number of piperazine rings is 1. The molecule has 2 heterocycles. The van der Waals surface area contributed by atoms with Crippen LogP contribution in [0.15, 0.2) is 47.5 Å². The zero-order valence-electron chi connectivity index (χ0n) is 17.2. The normalized spacial score (nSPS) is 16.9. The van der Waals surface area contributed by atoms with E-state index in [4.69, 9.17) is 25.6 Å². The molecule has 1 N–H and O–H groups in total. The van der Waals surface area contributed by atoms with Gasteiger partial charge in [-0.3, -0.25) is 9.05 Å². The summed E-state index contributed by atoms with van der Waals surface area (Å²) in [4.78, 5) is 7.19. The van der Waals surface area contributed by atoms with Gasteiger partial charge in [-0.25, -0.2) is 14.2 Å². The van der Waals surface area contributed by atoms with Gasteiger partial charge < -0.3 is 10.2 Å². The predicted molar refractivity (Wildman–Crippen MR) is 121 cm³/mol. The largest absolute Gasteiger partial charge is 0.408 e. The maximum Gasteiger partial charge on any atom is 0.408 e. The summed E-state index contributed by atoms with van der Waals surface area (Å²) in [7, 11) is -3.26. The fraction of sp³-hybridized carbons (Fsp3) is 0.381. The van der Waals surface area contributed by atoms with Gasteiger partial charge in [0, 0.05) is 42.5 Å². The van der Waals surface area contributed by atoms with Crippen LogP contribution < -0.4 is 5.32 Å². The van der Waals surface area contributed by atoms with Crippen molar-refractivity contribution in [2.45, 2.75) is 13.8 Å². The lowest BCUT2D eigenvalue weighted by Crippen LogP contribution is -2.48. The molecule has 0 bridgehead atoms. The third-order valence-electron chi connectivity index (χ3n) is 5.11. The lowest BCUT2D eigenvalue weighted by atomic mass is 10.1. The van der Waals surface area contributed by atoms with Gasteiger partial charge in [-0.05, 0) is 44.2 Å². The predicted octanol–water partition coefficient (Wildman–Crippen LogP) is 5.27. The molecule has 7 nitrogen and oxygen atoms in total. The van der Waals surface area contributed by atoms with Crippen LogP contribution in [0.4, 0.5) is 17.1 Å². The molecule has 1 fully saturated rings. The van der Waals surface area contributed by atoms with Gasteiger partial charge in [-0.1, -0.05) is 23.7 Å². The zero-order chi connectivity index (χ0) is 21.1. The van der Waals surface area contributed by atoms with Crippen LogP contribution in [-0.4, -0.2) is 54.8 Å². The summed E-state index contributed by atoms with van der Waals surface area (Å²) in [5.41, 5.74) is 3.73. The van der Waals surface area contributed by atoms with Crippen LogP contribution >= 0.6 is 19.3 Å². The number of halogens is 1. The highest BCUT2D eigenvalue weighted by atomic mass is 35.5. The van der Waals surface area contributed by atoms with E-state index < -0.39 is 7.75 Å². The van der Waals surface area contributed by atoms with Crippen LogP contribution in [0.3, 0.4) is 0 Å². The number of benzene rings is 2. The second kappa shape index (κ2) is 9.08. The number of fused-ring (bicyclic) bond motifs is 2. The highest BCUT2D eigenvalue weighted by Gasteiger charge is 2.36. The number of hydrogen-bond acceptors (Lipinski definition) is 6. The third kappa shape index (κ3) is 4.27. The zero-order valence-corrected chi connectivity index (χ0v) is 18.8. The number of para-hydroxylation sites is 1. The number of nitrogens with zero attached hydrogens (tertiary/aromatic N) is 3. The Hall–Kier alpha value is -1.89. The molecule has 0 spiro atoms. The Bertz CT molecular complexity index is 982. The molecule has 160 valence electrons. The minimum Gasteiger partial charge on any atom is -0.353 e. The fourth-order valence-electron chi connectivity index (χ4n) is 3.73. The van der Waals surface area contributed by atoms with E-state index in [0.29, 0.717) is 44.4 Å². The molecular weight excluding hydrogens is 423 g/mol. The second-order valence-electron chi connectivity index (χ2n) is 7.01. The van der Waals surface area contributed by atoms with Crippen molar-refractivity contribution in [3.63, 3.8) is 0 Å². The Labute approximate surface area is 182 Å². The van der Waals surface area contributed by atoms with Crippen LogP contribution in [0.2, 0.25) is 5.02 Å². The molecular formula is C21H26ClN4O3P. The first-order chi connectivity index (χ1) is 14.5. The van der Waals surface area contributed by atoms with Gasteiger partial charge in [0.1, 0.15) is 5.84 Å². The van der Waals surface area contributed by atoms with E-state index in [2.05, 4.69) is 16.3 Å². The van der Waals surface area contributed by atoms with Gasteiger partial charge in [0.15, 0.2) is 0 Å². The average Bonchev–Trinajstić information content (AvgIpc) is 2.91. The first-order valence-electron chi connectivity index (χ1n) is 10.2. The Morgan fingerprint density at radius 3 is 2.43 bits per heavy atom. The topological polar surface area (TPSA) is 66.4 Å². The highest BCUT2D eigenvalue weighted by molar-refractivity contribution is 7.51. The van der Waals surface area contributed by atoms with Crippen molar-refractivity contribution < 1.29 is 13.6 Å². The smallest absolute Gasteiger partial charge is 0.353 e. The molecule has 2 aliphatic rings. The van der Waals surface area contributed by atoms with Gasteiger partial charge in [-0.2, -0.15) is 0 Å². The van der Waals surface area contributed by atoms with E-state index in [1.54, 1.807) is 0 Å². The molecule has 9 heteroatoms. The van der Waals surface area contributed by atoms with Crippen LogP contribution in [0.25, 0.3) is 0 Å². The minimum absolute atomic E-state index is 0.348. The Kier molecular flexibility index (Phi) is 6.46. The number of anilines is 2. The van der Waals surface area contributed by atoms with Gasteiger partial charge in [0.2, 0.25) is 0 Å². The minimum atomic E-state index is -3.26. The molecule has 30 heavy (non-hydrogen) atoms. The van der Waals surface area contributed by atoms with E-state index in [1.807, 2.05) is 54.9 Å². The fourth-order valence-corrected chi connectivity index (χ4v) is 5.62. The number of rotatable bonds is 5. The van der Waals surface area contributed by atoms with E-state index >= 15 is 0 Å². The van der Waals surface area contributed by atoms with E-state index in [1.165, 1.54) is 0 Å². The van der Waals surface area contributed by atoms with Crippen molar-refractivity contribution in [3.8, 4) is 0 Å². The van der Waals surface area contributed by atoms with Gasteiger partial charge in [-0.15, -0.1) is 0 Å². The van der Waals surface area contributed by atoms with Gasteiger partial charge >= 0.3 is 7.75 Å². The molecule has 1 saturated heterocycles. The molecule has 2 aromatic rings. The Balaban J connectivity index is 1.63. The molecule has 4 rings (SSSR count). The Morgan fingerprint density at radius 2 is 1.73 bits per heavy atom. The molecule has 2 aliphatic heterocycles.